The van der Waals surface area contributed by atoms with Gasteiger partial charge in [-0.3, -0.25) is 0 Å². The predicted octanol–water partition coefficient (Wildman–Crippen LogP) is 15.2. The van der Waals surface area contributed by atoms with Gasteiger partial charge >= 0.3 is 37.9 Å². The van der Waals surface area contributed by atoms with Crippen molar-refractivity contribution in [2.45, 2.75) is 60.1 Å². The first-order chi connectivity index (χ1) is 24.8. The van der Waals surface area contributed by atoms with Crippen molar-refractivity contribution < 1.29 is 20.8 Å². The summed E-state index contributed by atoms with van der Waals surface area (Å²) in [5, 5.41) is 10.8. The van der Waals surface area contributed by atoms with Crippen molar-refractivity contribution >= 4 is 69.6 Å². The molecule has 0 saturated heterocycles. The average molecular weight is 801 g/mol. The summed E-state index contributed by atoms with van der Waals surface area (Å²) in [6.07, 6.45) is 1.09. The first-order valence-electron chi connectivity index (χ1n) is 17.8. The number of hydrogen-bond donors (Lipinski definition) is 0. The van der Waals surface area contributed by atoms with E-state index in [4.69, 9.17) is 17.0 Å². The molecule has 0 aliphatic rings. The normalized spacial score (nSPS) is 10.6. The number of rotatable bonds is 5. The Labute approximate surface area is 326 Å². The molecule has 0 N–H and O–H groups in total. The Balaban J connectivity index is 0.000000164. The topological polar surface area (TPSA) is 0 Å². The van der Waals surface area contributed by atoms with E-state index in [9.17, 15) is 0 Å². The standard InChI is InChI=1S/C22H19.C21H17.C4H10Si.2ClH.Zr/c1-3-16-13-21-15(2)11-12-20(22(21)14-16)19-10-6-8-17-7-4-5-9-18(17)19;1-14-12-20-15(2)10-11-19(21(20)13-14)18-9-5-7-16-6-3-4-8-17(16)18;1-3-5-4-2;;;/h4-14H,3H2,1-2H3;3-13H,1-2H3;3-4H2,1-2H3;2*1H;/q2*-1;;;;+4/p-2. The van der Waals surface area contributed by atoms with Crippen molar-refractivity contribution in [1.82, 2.24) is 0 Å². The second-order valence-corrected chi connectivity index (χ2v) is 18.5. The van der Waals surface area contributed by atoms with Crippen LogP contribution in [0.5, 0.6) is 0 Å². The molecule has 0 aliphatic carbocycles. The van der Waals surface area contributed by atoms with Gasteiger partial charge in [-0.2, -0.15) is 12.1 Å². The van der Waals surface area contributed by atoms with Crippen LogP contribution in [0.3, 0.4) is 0 Å². The van der Waals surface area contributed by atoms with E-state index >= 15 is 0 Å². The van der Waals surface area contributed by atoms with Crippen molar-refractivity contribution in [3.63, 3.8) is 0 Å². The minimum absolute atomic E-state index is 0.826. The van der Waals surface area contributed by atoms with Gasteiger partial charge in [-0.25, -0.2) is 0 Å². The summed E-state index contributed by atoms with van der Waals surface area (Å²) in [5.41, 5.74) is 10.8. The van der Waals surface area contributed by atoms with E-state index in [-0.39, 0.29) is 0 Å². The Morgan fingerprint density at radius 2 is 0.941 bits per heavy atom. The molecule has 8 aromatic carbocycles. The Morgan fingerprint density at radius 3 is 1.41 bits per heavy atom. The third-order valence-electron chi connectivity index (χ3n) is 9.48. The van der Waals surface area contributed by atoms with Crippen LogP contribution in [-0.4, -0.2) is 9.52 Å². The van der Waals surface area contributed by atoms with Gasteiger partial charge in [0.2, 0.25) is 0 Å². The van der Waals surface area contributed by atoms with E-state index in [1.807, 2.05) is 0 Å². The fourth-order valence-electron chi connectivity index (χ4n) is 6.94. The molecule has 8 aromatic rings. The van der Waals surface area contributed by atoms with Crippen molar-refractivity contribution in [3.05, 3.63) is 156 Å². The van der Waals surface area contributed by atoms with Gasteiger partial charge < -0.3 is 0 Å². The quantitative estimate of drug-likeness (QED) is 0.120. The maximum absolute atomic E-state index is 4.93. The van der Waals surface area contributed by atoms with Crippen LogP contribution in [0.2, 0.25) is 12.1 Å². The van der Waals surface area contributed by atoms with Crippen LogP contribution in [-0.2, 0) is 27.3 Å². The summed E-state index contributed by atoms with van der Waals surface area (Å²) in [6.45, 7) is 13.2. The third kappa shape index (κ3) is 9.22. The van der Waals surface area contributed by atoms with Crippen molar-refractivity contribution in [2.24, 2.45) is 0 Å². The van der Waals surface area contributed by atoms with Crippen LogP contribution in [0.15, 0.2) is 133 Å². The van der Waals surface area contributed by atoms with Gasteiger partial charge in [0.25, 0.3) is 0 Å². The second-order valence-electron chi connectivity index (χ2n) is 12.8. The Hall–Kier alpha value is -3.26. The molecule has 0 unspecified atom stereocenters. The Bertz CT molecular complexity index is 2330. The van der Waals surface area contributed by atoms with E-state index in [0.29, 0.717) is 0 Å². The zero-order chi connectivity index (χ0) is 36.3. The van der Waals surface area contributed by atoms with Gasteiger partial charge in [0.05, 0.1) is 0 Å². The summed E-state index contributed by atoms with van der Waals surface area (Å²) < 4.78 is 0. The minimum atomic E-state index is -0.826. The molecule has 0 heterocycles. The zero-order valence-corrected chi connectivity index (χ0v) is 35.5. The number of benzene rings is 6. The molecule has 0 amide bonds. The van der Waals surface area contributed by atoms with Crippen LogP contribution in [0.25, 0.3) is 65.3 Å². The number of fused-ring (bicyclic) bond motifs is 4. The fraction of sp³-hybridized carbons (Fsp3) is 0.191. The number of aryl methyl sites for hydroxylation is 4. The summed E-state index contributed by atoms with van der Waals surface area (Å²) >= 11 is -0.826. The van der Waals surface area contributed by atoms with Crippen LogP contribution < -0.4 is 0 Å². The summed E-state index contributed by atoms with van der Waals surface area (Å²) in [7, 11) is 11.1. The summed E-state index contributed by atoms with van der Waals surface area (Å²) in [5.74, 6) is 0. The van der Waals surface area contributed by atoms with Crippen LogP contribution in [0.4, 0.5) is 0 Å². The zero-order valence-electron chi connectivity index (χ0n) is 30.6. The molecule has 256 valence electrons. The molecule has 0 saturated carbocycles. The molecule has 2 radical (unpaired) electrons. The Kier molecular flexibility index (Phi) is 14.5. The first-order valence-corrected chi connectivity index (χ1v) is 25.6. The van der Waals surface area contributed by atoms with E-state index in [1.54, 1.807) is 0 Å². The van der Waals surface area contributed by atoms with Gasteiger partial charge in [0, 0.05) is 9.52 Å². The van der Waals surface area contributed by atoms with E-state index in [0.717, 1.165) is 6.42 Å². The summed E-state index contributed by atoms with van der Waals surface area (Å²) in [4.78, 5) is 0. The van der Waals surface area contributed by atoms with E-state index < -0.39 is 20.8 Å². The Morgan fingerprint density at radius 1 is 0.510 bits per heavy atom. The third-order valence-corrected chi connectivity index (χ3v) is 10.5. The van der Waals surface area contributed by atoms with Crippen molar-refractivity contribution in [2.75, 3.05) is 0 Å². The molecule has 0 nitrogen and oxygen atoms in total. The van der Waals surface area contributed by atoms with Gasteiger partial charge in [0.15, 0.2) is 0 Å². The molecule has 0 bridgehead atoms. The van der Waals surface area contributed by atoms with E-state index in [1.165, 1.54) is 109 Å². The number of halogens is 2. The van der Waals surface area contributed by atoms with Gasteiger partial charge in [0.1, 0.15) is 0 Å². The summed E-state index contributed by atoms with van der Waals surface area (Å²) in [6, 6.07) is 51.5. The van der Waals surface area contributed by atoms with Gasteiger partial charge in [-0.05, 0) is 39.1 Å². The molecular weight excluding hydrogens is 755 g/mol. The molecule has 0 fully saturated rings. The second kappa shape index (κ2) is 19.0. The monoisotopic (exact) mass is 798 g/mol. The van der Waals surface area contributed by atoms with Crippen LogP contribution in [0, 0.1) is 20.8 Å². The van der Waals surface area contributed by atoms with Crippen LogP contribution in [0.1, 0.15) is 43.0 Å². The molecule has 4 heteroatoms. The SMILES string of the molecule is CC[Si]CC.CCc1cc2c(-c3cccc4ccccc34)ccc(C)c2[cH-]1.Cc1cc2c(-c3cccc4ccccc34)ccc(C)c2[cH-]1.[Cl][Zr+2][Cl]. The predicted molar refractivity (Wildman–Crippen MR) is 227 cm³/mol. The van der Waals surface area contributed by atoms with Gasteiger partial charge in [-0.15, -0.1) is 68.1 Å². The molecule has 51 heavy (non-hydrogen) atoms. The molecule has 0 spiro atoms. The maximum atomic E-state index is 4.93. The first kappa shape index (κ1) is 39.0. The average Bonchev–Trinajstić information content (AvgIpc) is 3.78. The molecular formula is C47H46Cl2SiZr. The molecule has 0 aromatic heterocycles. The molecule has 0 aliphatic heterocycles. The fourth-order valence-corrected chi connectivity index (χ4v) is 7.44. The van der Waals surface area contributed by atoms with Crippen LogP contribution >= 0.6 is 17.0 Å². The van der Waals surface area contributed by atoms with E-state index in [2.05, 4.69) is 175 Å². The molecule has 0 atom stereocenters. The van der Waals surface area contributed by atoms with Gasteiger partial charge in [-0.1, -0.05) is 162 Å². The molecule has 8 rings (SSSR count). The van der Waals surface area contributed by atoms with Crippen molar-refractivity contribution in [3.8, 4) is 22.3 Å². The number of hydrogen-bond acceptors (Lipinski definition) is 0. The van der Waals surface area contributed by atoms with Crippen molar-refractivity contribution in [1.29, 1.82) is 0 Å².